The van der Waals surface area contributed by atoms with Crippen LogP contribution in [-0.4, -0.2) is 6.54 Å². The Morgan fingerprint density at radius 2 is 1.84 bits per heavy atom. The third-order valence-corrected chi connectivity index (χ3v) is 8.40. The summed E-state index contributed by atoms with van der Waals surface area (Å²) < 4.78 is 8.37. The molecule has 1 aliphatic heterocycles. The Hall–Kier alpha value is -3.50. The minimum Gasteiger partial charge on any atom is -0.398 e. The molecule has 0 bridgehead atoms. The van der Waals surface area contributed by atoms with Crippen molar-refractivity contribution in [1.29, 1.82) is 0 Å². The molecule has 0 amide bonds. The SMILES string of the molecule is CCN1C(=CC2=C/C(=C/C=C/c3oc4ccc5ccccc5c4[n+]3C)CC(C)(C)C2)Sc2ccccc21. The number of aryl methyl sites for hydroxylation is 1. The molecule has 1 aliphatic carbocycles. The van der Waals surface area contributed by atoms with E-state index in [-0.39, 0.29) is 5.41 Å². The first-order valence-electron chi connectivity index (χ1n) is 13.1. The minimum absolute atomic E-state index is 0.219. The number of hydrogen-bond donors (Lipinski definition) is 0. The van der Waals surface area contributed by atoms with Gasteiger partial charge in [-0.15, -0.1) is 0 Å². The van der Waals surface area contributed by atoms with Gasteiger partial charge in [-0.3, -0.25) is 0 Å². The van der Waals surface area contributed by atoms with Gasteiger partial charge in [-0.1, -0.05) is 80.2 Å². The number of thioether (sulfide) groups is 1. The quantitative estimate of drug-likeness (QED) is 0.259. The van der Waals surface area contributed by atoms with Gasteiger partial charge in [-0.2, -0.15) is 4.57 Å². The molecule has 4 heteroatoms. The van der Waals surface area contributed by atoms with Crippen molar-refractivity contribution in [3.8, 4) is 0 Å². The van der Waals surface area contributed by atoms with E-state index in [2.05, 4.69) is 128 Å². The Kier molecular flexibility index (Phi) is 6.08. The number of allylic oxidation sites excluding steroid dienone is 6. The number of nitrogens with zero attached hydrogens (tertiary/aromatic N) is 2. The fraction of sp³-hybridized carbons (Fsp3) is 0.242. The normalized spacial score (nSPS) is 19.5. The maximum absolute atomic E-state index is 6.22. The molecule has 2 heterocycles. The van der Waals surface area contributed by atoms with Crippen LogP contribution in [0.5, 0.6) is 0 Å². The molecule has 0 unspecified atom stereocenters. The van der Waals surface area contributed by atoms with Crippen LogP contribution < -0.4 is 9.47 Å². The molecule has 0 radical (unpaired) electrons. The molecule has 2 aliphatic rings. The Bertz CT molecular complexity index is 1630. The third-order valence-electron chi connectivity index (χ3n) is 7.29. The van der Waals surface area contributed by atoms with Crippen molar-refractivity contribution in [3.63, 3.8) is 0 Å². The predicted octanol–water partition coefficient (Wildman–Crippen LogP) is 8.57. The topological polar surface area (TPSA) is 20.3 Å². The molecule has 0 atom stereocenters. The first-order chi connectivity index (χ1) is 17.9. The number of fused-ring (bicyclic) bond motifs is 4. The zero-order valence-corrected chi connectivity index (χ0v) is 22.8. The number of para-hydroxylation sites is 1. The van der Waals surface area contributed by atoms with Crippen molar-refractivity contribution in [1.82, 2.24) is 0 Å². The minimum atomic E-state index is 0.219. The fourth-order valence-corrected chi connectivity index (χ4v) is 6.91. The van der Waals surface area contributed by atoms with Crippen molar-refractivity contribution in [2.75, 3.05) is 11.4 Å². The summed E-state index contributed by atoms with van der Waals surface area (Å²) in [6.45, 7) is 7.94. The zero-order chi connectivity index (χ0) is 25.6. The van der Waals surface area contributed by atoms with Gasteiger partial charge in [0, 0.05) is 11.4 Å². The van der Waals surface area contributed by atoms with E-state index in [0.717, 1.165) is 36.4 Å². The van der Waals surface area contributed by atoms with Crippen molar-refractivity contribution in [2.24, 2.45) is 12.5 Å². The van der Waals surface area contributed by atoms with E-state index in [1.807, 2.05) is 11.8 Å². The maximum atomic E-state index is 6.22. The molecular formula is C33H33N2OS+. The molecule has 0 spiro atoms. The molecule has 3 nitrogen and oxygen atoms in total. The second kappa shape index (κ2) is 9.42. The average molecular weight is 506 g/mol. The van der Waals surface area contributed by atoms with Gasteiger partial charge in [-0.05, 0) is 72.1 Å². The summed E-state index contributed by atoms with van der Waals surface area (Å²) >= 11 is 1.88. The summed E-state index contributed by atoms with van der Waals surface area (Å²) in [6.07, 6.45) is 13.4. The van der Waals surface area contributed by atoms with E-state index in [1.165, 1.54) is 37.5 Å². The summed E-state index contributed by atoms with van der Waals surface area (Å²) in [5.74, 6) is 0.850. The van der Waals surface area contributed by atoms with Gasteiger partial charge in [0.25, 0.3) is 5.52 Å². The zero-order valence-electron chi connectivity index (χ0n) is 22.0. The Labute approximate surface area is 223 Å². The highest BCUT2D eigenvalue weighted by atomic mass is 32.2. The average Bonchev–Trinajstić information content (AvgIpc) is 3.39. The Balaban J connectivity index is 1.30. The van der Waals surface area contributed by atoms with Crippen LogP contribution in [0.15, 0.2) is 110 Å². The van der Waals surface area contributed by atoms with Gasteiger partial charge in [-0.25, -0.2) is 0 Å². The highest BCUT2D eigenvalue weighted by molar-refractivity contribution is 8.03. The van der Waals surface area contributed by atoms with E-state index < -0.39 is 0 Å². The number of aromatic nitrogens is 1. The number of rotatable bonds is 4. The fourth-order valence-electron chi connectivity index (χ4n) is 5.71. The van der Waals surface area contributed by atoms with Crippen molar-refractivity contribution in [2.45, 2.75) is 38.5 Å². The van der Waals surface area contributed by atoms with Crippen LogP contribution in [0.1, 0.15) is 39.5 Å². The molecule has 6 rings (SSSR count). The van der Waals surface area contributed by atoms with E-state index in [0.29, 0.717) is 0 Å². The second-order valence-electron chi connectivity index (χ2n) is 10.8. The lowest BCUT2D eigenvalue weighted by Crippen LogP contribution is -2.29. The van der Waals surface area contributed by atoms with Gasteiger partial charge in [0.2, 0.25) is 5.58 Å². The summed E-state index contributed by atoms with van der Waals surface area (Å²) in [4.78, 5) is 3.77. The summed E-state index contributed by atoms with van der Waals surface area (Å²) in [6, 6.07) is 21.4. The number of hydrogen-bond acceptors (Lipinski definition) is 3. The third kappa shape index (κ3) is 4.55. The van der Waals surface area contributed by atoms with Crippen LogP contribution >= 0.6 is 11.8 Å². The highest BCUT2D eigenvalue weighted by Crippen LogP contribution is 2.47. The van der Waals surface area contributed by atoms with Gasteiger partial charge >= 0.3 is 5.89 Å². The molecule has 186 valence electrons. The standard InChI is InChI=1S/C33H33N2OS/c1-5-35-27-14-8-9-15-29(27)37-31(35)20-24-19-23(21-33(2,3)22-24)11-10-16-30-34(4)32-26-13-7-6-12-25(26)17-18-28(32)36-30/h6-20H,5,21-22H2,1-4H3/q+1. The van der Waals surface area contributed by atoms with Crippen LogP contribution in [0.25, 0.3) is 27.9 Å². The molecule has 3 aromatic carbocycles. The molecule has 0 fully saturated rings. The monoisotopic (exact) mass is 505 g/mol. The van der Waals surface area contributed by atoms with Gasteiger partial charge in [0.05, 0.1) is 22.2 Å². The largest absolute Gasteiger partial charge is 0.398 e. The Morgan fingerprint density at radius 1 is 1.03 bits per heavy atom. The maximum Gasteiger partial charge on any atom is 0.373 e. The van der Waals surface area contributed by atoms with Crippen LogP contribution in [-0.2, 0) is 7.05 Å². The summed E-state index contributed by atoms with van der Waals surface area (Å²) in [5, 5.41) is 3.77. The van der Waals surface area contributed by atoms with Gasteiger partial charge in [0.15, 0.2) is 0 Å². The van der Waals surface area contributed by atoms with Gasteiger partial charge < -0.3 is 9.32 Å². The lowest BCUT2D eigenvalue weighted by Gasteiger charge is -2.31. The lowest BCUT2D eigenvalue weighted by atomic mass is 9.75. The van der Waals surface area contributed by atoms with E-state index >= 15 is 0 Å². The molecule has 37 heavy (non-hydrogen) atoms. The first kappa shape index (κ1) is 23.9. The lowest BCUT2D eigenvalue weighted by molar-refractivity contribution is -0.651. The number of benzene rings is 3. The van der Waals surface area contributed by atoms with Crippen LogP contribution in [0.3, 0.4) is 0 Å². The van der Waals surface area contributed by atoms with E-state index in [9.17, 15) is 0 Å². The molecule has 0 N–H and O–H groups in total. The number of oxazole rings is 1. The van der Waals surface area contributed by atoms with E-state index in [4.69, 9.17) is 4.42 Å². The van der Waals surface area contributed by atoms with Crippen molar-refractivity contribution < 1.29 is 8.98 Å². The second-order valence-corrected chi connectivity index (χ2v) is 11.8. The summed E-state index contributed by atoms with van der Waals surface area (Å²) in [5.41, 5.74) is 6.33. The van der Waals surface area contributed by atoms with Crippen LogP contribution in [0.2, 0.25) is 0 Å². The van der Waals surface area contributed by atoms with Crippen LogP contribution in [0.4, 0.5) is 5.69 Å². The predicted molar refractivity (Wildman–Crippen MR) is 157 cm³/mol. The van der Waals surface area contributed by atoms with Crippen molar-refractivity contribution in [3.05, 3.63) is 107 Å². The molecule has 0 saturated carbocycles. The first-order valence-corrected chi connectivity index (χ1v) is 13.9. The highest BCUT2D eigenvalue weighted by Gasteiger charge is 2.28. The molecule has 4 aromatic rings. The Morgan fingerprint density at radius 3 is 2.70 bits per heavy atom. The van der Waals surface area contributed by atoms with Crippen molar-refractivity contribution >= 4 is 45.4 Å². The molecule has 1 aromatic heterocycles. The van der Waals surface area contributed by atoms with Crippen LogP contribution in [0, 0.1) is 5.41 Å². The number of anilines is 1. The molecule has 0 saturated heterocycles. The van der Waals surface area contributed by atoms with Gasteiger partial charge in [0.1, 0.15) is 7.05 Å². The summed E-state index contributed by atoms with van der Waals surface area (Å²) in [7, 11) is 2.08. The smallest absolute Gasteiger partial charge is 0.373 e. The van der Waals surface area contributed by atoms with E-state index in [1.54, 1.807) is 0 Å². The molecular weight excluding hydrogens is 472 g/mol.